The smallest absolute Gasteiger partial charge is 0.187 e. The number of anilines is 1. The highest BCUT2D eigenvalue weighted by Crippen LogP contribution is 2.23. The Morgan fingerprint density at radius 1 is 1.19 bits per heavy atom. The Morgan fingerprint density at radius 3 is 2.81 bits per heavy atom. The quantitative estimate of drug-likeness (QED) is 0.750. The molecule has 0 aliphatic heterocycles. The molecule has 0 radical (unpaired) electrons. The molecular formula is C15H14FN5. The molecule has 3 aromatic rings. The van der Waals surface area contributed by atoms with Crippen LogP contribution in [0.15, 0.2) is 42.5 Å². The number of nitrogen functional groups attached to an aromatic ring is 1. The van der Waals surface area contributed by atoms with Crippen molar-refractivity contribution in [2.45, 2.75) is 13.3 Å². The number of aromatic nitrogens is 4. The molecule has 0 aliphatic carbocycles. The second kappa shape index (κ2) is 5.32. The molecule has 0 aliphatic rings. The summed E-state index contributed by atoms with van der Waals surface area (Å²) in [5.41, 5.74) is 8.19. The molecule has 1 aromatic heterocycles. The lowest BCUT2D eigenvalue weighted by Crippen LogP contribution is -2.01. The molecule has 1 heterocycles. The van der Waals surface area contributed by atoms with Crippen molar-refractivity contribution in [3.05, 3.63) is 53.8 Å². The molecule has 0 spiro atoms. The molecule has 0 amide bonds. The van der Waals surface area contributed by atoms with Gasteiger partial charge in [-0.2, -0.15) is 4.68 Å². The van der Waals surface area contributed by atoms with Crippen molar-refractivity contribution in [3.63, 3.8) is 0 Å². The highest BCUT2D eigenvalue weighted by Gasteiger charge is 2.12. The maximum absolute atomic E-state index is 13.6. The molecule has 2 aromatic carbocycles. The second-order valence-electron chi connectivity index (χ2n) is 4.67. The third-order valence-corrected chi connectivity index (χ3v) is 3.29. The van der Waals surface area contributed by atoms with E-state index in [-0.39, 0.29) is 5.69 Å². The van der Waals surface area contributed by atoms with Crippen LogP contribution in [0.4, 0.5) is 10.1 Å². The van der Waals surface area contributed by atoms with Gasteiger partial charge in [-0.15, -0.1) is 5.10 Å². The number of nitrogens with two attached hydrogens (primary N) is 1. The van der Waals surface area contributed by atoms with Gasteiger partial charge in [0.25, 0.3) is 0 Å². The lowest BCUT2D eigenvalue weighted by molar-refractivity contribution is 0.632. The number of benzene rings is 2. The van der Waals surface area contributed by atoms with Crippen LogP contribution in [0.1, 0.15) is 12.5 Å². The lowest BCUT2D eigenvalue weighted by atomic mass is 10.1. The summed E-state index contributed by atoms with van der Waals surface area (Å²) in [5, 5.41) is 11.7. The van der Waals surface area contributed by atoms with E-state index in [1.165, 1.54) is 17.7 Å². The Balaban J connectivity index is 2.09. The standard InChI is InChI=1S/C15H14FN5/c1-2-10-4-3-5-12(8-10)21-15(18-19-20-21)11-6-7-14(17)13(16)9-11/h3-9H,2,17H2,1H3. The monoisotopic (exact) mass is 283 g/mol. The van der Waals surface area contributed by atoms with E-state index in [1.807, 2.05) is 24.3 Å². The first-order valence-corrected chi connectivity index (χ1v) is 6.62. The van der Waals surface area contributed by atoms with E-state index in [4.69, 9.17) is 5.73 Å². The molecular weight excluding hydrogens is 269 g/mol. The molecule has 0 saturated carbocycles. The Kier molecular flexibility index (Phi) is 3.35. The van der Waals surface area contributed by atoms with Crippen LogP contribution in [-0.2, 0) is 6.42 Å². The van der Waals surface area contributed by atoms with E-state index in [0.29, 0.717) is 11.4 Å². The van der Waals surface area contributed by atoms with Gasteiger partial charge in [-0.25, -0.2) is 4.39 Å². The highest BCUT2D eigenvalue weighted by atomic mass is 19.1. The Bertz CT molecular complexity index is 781. The van der Waals surface area contributed by atoms with Crippen LogP contribution in [0.25, 0.3) is 17.1 Å². The first-order valence-electron chi connectivity index (χ1n) is 6.62. The summed E-state index contributed by atoms with van der Waals surface area (Å²) >= 11 is 0. The topological polar surface area (TPSA) is 69.6 Å². The molecule has 0 fully saturated rings. The summed E-state index contributed by atoms with van der Waals surface area (Å²) in [5.74, 6) is -0.00786. The van der Waals surface area contributed by atoms with Crippen molar-refractivity contribution in [1.82, 2.24) is 20.2 Å². The summed E-state index contributed by atoms with van der Waals surface area (Å²) in [6.45, 7) is 2.08. The van der Waals surface area contributed by atoms with Gasteiger partial charge >= 0.3 is 0 Å². The largest absolute Gasteiger partial charge is 0.396 e. The van der Waals surface area contributed by atoms with Crippen molar-refractivity contribution >= 4 is 5.69 Å². The van der Waals surface area contributed by atoms with Crippen molar-refractivity contribution in [2.75, 3.05) is 5.73 Å². The molecule has 21 heavy (non-hydrogen) atoms. The molecule has 6 heteroatoms. The maximum Gasteiger partial charge on any atom is 0.187 e. The van der Waals surface area contributed by atoms with Gasteiger partial charge in [-0.05, 0) is 52.7 Å². The number of tetrazole rings is 1. The molecule has 0 bridgehead atoms. The van der Waals surface area contributed by atoms with Crippen LogP contribution in [-0.4, -0.2) is 20.2 Å². The molecule has 2 N–H and O–H groups in total. The highest BCUT2D eigenvalue weighted by molar-refractivity contribution is 5.61. The number of rotatable bonds is 3. The molecule has 0 saturated heterocycles. The van der Waals surface area contributed by atoms with Gasteiger partial charge < -0.3 is 5.73 Å². The van der Waals surface area contributed by atoms with Gasteiger partial charge in [-0.1, -0.05) is 19.1 Å². The van der Waals surface area contributed by atoms with Crippen LogP contribution in [0.3, 0.4) is 0 Å². The minimum Gasteiger partial charge on any atom is -0.396 e. The van der Waals surface area contributed by atoms with Crippen LogP contribution < -0.4 is 5.73 Å². The van der Waals surface area contributed by atoms with Gasteiger partial charge in [0.1, 0.15) is 5.82 Å². The number of hydrogen-bond acceptors (Lipinski definition) is 4. The molecule has 5 nitrogen and oxygen atoms in total. The summed E-state index contributed by atoms with van der Waals surface area (Å²) in [7, 11) is 0. The zero-order valence-electron chi connectivity index (χ0n) is 11.5. The van der Waals surface area contributed by atoms with Gasteiger partial charge in [0.2, 0.25) is 0 Å². The van der Waals surface area contributed by atoms with Crippen molar-refractivity contribution in [1.29, 1.82) is 0 Å². The van der Waals surface area contributed by atoms with Crippen LogP contribution >= 0.6 is 0 Å². The van der Waals surface area contributed by atoms with E-state index in [9.17, 15) is 4.39 Å². The van der Waals surface area contributed by atoms with E-state index in [0.717, 1.165) is 12.1 Å². The third-order valence-electron chi connectivity index (χ3n) is 3.29. The fourth-order valence-electron chi connectivity index (χ4n) is 2.12. The maximum atomic E-state index is 13.6. The predicted octanol–water partition coefficient (Wildman–Crippen LogP) is 2.61. The normalized spacial score (nSPS) is 10.8. The third kappa shape index (κ3) is 2.47. The van der Waals surface area contributed by atoms with Gasteiger partial charge in [-0.3, -0.25) is 0 Å². The molecule has 106 valence electrons. The lowest BCUT2D eigenvalue weighted by Gasteiger charge is -2.07. The van der Waals surface area contributed by atoms with Crippen molar-refractivity contribution in [3.8, 4) is 17.1 Å². The summed E-state index contributed by atoms with van der Waals surface area (Å²) < 4.78 is 15.2. The average molecular weight is 283 g/mol. The van der Waals surface area contributed by atoms with Gasteiger partial charge in [0.05, 0.1) is 11.4 Å². The fraction of sp³-hybridized carbons (Fsp3) is 0.133. The fourth-order valence-corrected chi connectivity index (χ4v) is 2.12. The second-order valence-corrected chi connectivity index (χ2v) is 4.67. The van der Waals surface area contributed by atoms with Crippen molar-refractivity contribution < 1.29 is 4.39 Å². The van der Waals surface area contributed by atoms with E-state index in [1.54, 1.807) is 10.7 Å². The Labute approximate surface area is 121 Å². The molecule has 0 atom stereocenters. The first-order chi connectivity index (χ1) is 10.2. The minimum atomic E-state index is -0.482. The summed E-state index contributed by atoms with van der Waals surface area (Å²) in [6.07, 6.45) is 0.918. The molecule has 3 rings (SSSR count). The van der Waals surface area contributed by atoms with Crippen LogP contribution in [0.5, 0.6) is 0 Å². The van der Waals surface area contributed by atoms with Gasteiger partial charge in [0, 0.05) is 5.56 Å². The van der Waals surface area contributed by atoms with E-state index < -0.39 is 5.82 Å². The number of halogens is 1. The molecule has 0 unspecified atom stereocenters. The van der Waals surface area contributed by atoms with E-state index >= 15 is 0 Å². The summed E-state index contributed by atoms with van der Waals surface area (Å²) in [6, 6.07) is 12.4. The van der Waals surface area contributed by atoms with Crippen molar-refractivity contribution in [2.24, 2.45) is 0 Å². The zero-order chi connectivity index (χ0) is 14.8. The van der Waals surface area contributed by atoms with Gasteiger partial charge in [0.15, 0.2) is 5.82 Å². The minimum absolute atomic E-state index is 0.103. The Morgan fingerprint density at radius 2 is 2.05 bits per heavy atom. The zero-order valence-corrected chi connectivity index (χ0v) is 11.5. The SMILES string of the molecule is CCc1cccc(-n2nnnc2-c2ccc(N)c(F)c2)c1. The predicted molar refractivity (Wildman–Crippen MR) is 78.3 cm³/mol. The first kappa shape index (κ1) is 13.2. The average Bonchev–Trinajstić information content (AvgIpc) is 2.99. The van der Waals surface area contributed by atoms with E-state index in [2.05, 4.69) is 22.4 Å². The number of hydrogen-bond donors (Lipinski definition) is 1. The van der Waals surface area contributed by atoms with Crippen LogP contribution in [0, 0.1) is 5.82 Å². The Hall–Kier alpha value is -2.76. The number of aryl methyl sites for hydroxylation is 1. The number of nitrogens with zero attached hydrogens (tertiary/aromatic N) is 4. The summed E-state index contributed by atoms with van der Waals surface area (Å²) in [4.78, 5) is 0. The van der Waals surface area contributed by atoms with Crippen LogP contribution in [0.2, 0.25) is 0 Å².